The van der Waals surface area contributed by atoms with E-state index >= 15 is 0 Å². The third kappa shape index (κ3) is 5.36. The van der Waals surface area contributed by atoms with Gasteiger partial charge < -0.3 is 15.0 Å². The number of nitrogens with zero attached hydrogens (tertiary/aromatic N) is 3. The molecule has 29 heavy (non-hydrogen) atoms. The van der Waals surface area contributed by atoms with Crippen molar-refractivity contribution in [1.29, 1.82) is 0 Å². The number of nitro groups is 1. The molecule has 154 valence electrons. The maximum absolute atomic E-state index is 13.1. The number of amides is 2. The molecule has 1 saturated heterocycles. The van der Waals surface area contributed by atoms with Crippen molar-refractivity contribution in [3.05, 3.63) is 50.5 Å². The van der Waals surface area contributed by atoms with Gasteiger partial charge in [0.05, 0.1) is 16.7 Å². The fourth-order valence-corrected chi connectivity index (χ4v) is 3.82. The lowest BCUT2D eigenvalue weighted by Gasteiger charge is -2.25. The average molecular weight is 418 g/mol. The Hall–Kier alpha value is -2.85. The summed E-state index contributed by atoms with van der Waals surface area (Å²) in [6.07, 6.45) is 1.53. The van der Waals surface area contributed by atoms with Crippen LogP contribution in [0.3, 0.4) is 0 Å². The molecule has 1 unspecified atom stereocenters. The topological polar surface area (TPSA) is 115 Å². The van der Waals surface area contributed by atoms with Crippen LogP contribution in [-0.2, 0) is 9.53 Å². The monoisotopic (exact) mass is 418 g/mol. The Labute approximate surface area is 171 Å². The number of nitro benzene ring substituents is 1. The Kier molecular flexibility index (Phi) is 6.55. The quantitative estimate of drug-likeness (QED) is 0.546. The van der Waals surface area contributed by atoms with Crippen LogP contribution < -0.4 is 5.32 Å². The van der Waals surface area contributed by atoms with Crippen LogP contribution in [-0.4, -0.2) is 52.4 Å². The Bertz CT molecular complexity index is 923. The maximum Gasteiger partial charge on any atom is 0.273 e. The van der Waals surface area contributed by atoms with Crippen molar-refractivity contribution in [2.24, 2.45) is 0 Å². The molecule has 3 rings (SSSR count). The van der Waals surface area contributed by atoms with E-state index in [0.717, 1.165) is 18.5 Å². The predicted octanol–water partition coefficient (Wildman–Crippen LogP) is 2.93. The van der Waals surface area contributed by atoms with Gasteiger partial charge in [0.15, 0.2) is 5.13 Å². The van der Waals surface area contributed by atoms with Gasteiger partial charge in [-0.3, -0.25) is 19.7 Å². The second-order valence-corrected chi connectivity index (χ2v) is 7.78. The molecule has 1 N–H and O–H groups in total. The summed E-state index contributed by atoms with van der Waals surface area (Å²) in [5, 5.41) is 16.2. The first-order valence-electron chi connectivity index (χ1n) is 9.21. The number of aromatic nitrogens is 1. The van der Waals surface area contributed by atoms with Crippen LogP contribution in [0.1, 0.15) is 34.5 Å². The number of nitrogens with one attached hydrogen (secondary N) is 1. The molecule has 1 aliphatic heterocycles. The van der Waals surface area contributed by atoms with E-state index in [2.05, 4.69) is 10.3 Å². The van der Waals surface area contributed by atoms with Crippen molar-refractivity contribution >= 4 is 34.0 Å². The van der Waals surface area contributed by atoms with E-state index in [0.29, 0.717) is 17.3 Å². The van der Waals surface area contributed by atoms with E-state index in [1.165, 1.54) is 34.4 Å². The van der Waals surface area contributed by atoms with Crippen molar-refractivity contribution in [1.82, 2.24) is 9.88 Å². The smallest absolute Gasteiger partial charge is 0.273 e. The van der Waals surface area contributed by atoms with E-state index in [-0.39, 0.29) is 36.4 Å². The number of ether oxygens (including phenoxy) is 1. The molecule has 9 nitrogen and oxygen atoms in total. The van der Waals surface area contributed by atoms with Crippen LogP contribution in [0.5, 0.6) is 0 Å². The number of carbonyl (C=O) groups is 2. The highest BCUT2D eigenvalue weighted by Crippen LogP contribution is 2.22. The predicted molar refractivity (Wildman–Crippen MR) is 108 cm³/mol. The lowest BCUT2D eigenvalue weighted by atomic mass is 10.1. The van der Waals surface area contributed by atoms with Crippen molar-refractivity contribution < 1.29 is 19.2 Å². The molecule has 0 radical (unpaired) electrons. The van der Waals surface area contributed by atoms with Gasteiger partial charge in [0.2, 0.25) is 5.91 Å². The molecule has 1 fully saturated rings. The number of thiazole rings is 1. The molecular weight excluding hydrogens is 396 g/mol. The molecule has 2 amide bonds. The number of hydrogen-bond acceptors (Lipinski definition) is 7. The minimum absolute atomic E-state index is 0.129. The van der Waals surface area contributed by atoms with E-state index < -0.39 is 10.8 Å². The van der Waals surface area contributed by atoms with E-state index in [1.807, 2.05) is 12.3 Å². The highest BCUT2D eigenvalue weighted by Gasteiger charge is 2.26. The summed E-state index contributed by atoms with van der Waals surface area (Å²) in [6, 6.07) is 4.32. The lowest BCUT2D eigenvalue weighted by Crippen LogP contribution is -2.42. The summed E-state index contributed by atoms with van der Waals surface area (Å²) in [5.74, 6) is -0.832. The van der Waals surface area contributed by atoms with Crippen molar-refractivity contribution in [3.8, 4) is 0 Å². The molecule has 2 heterocycles. The summed E-state index contributed by atoms with van der Waals surface area (Å²) < 4.78 is 5.61. The van der Waals surface area contributed by atoms with E-state index in [9.17, 15) is 19.7 Å². The molecule has 1 atom stereocenters. The summed E-state index contributed by atoms with van der Waals surface area (Å²) in [6.45, 7) is 4.10. The molecule has 2 aromatic rings. The van der Waals surface area contributed by atoms with Gasteiger partial charge in [-0.15, -0.1) is 11.3 Å². The van der Waals surface area contributed by atoms with Gasteiger partial charge in [0.1, 0.15) is 6.54 Å². The first-order valence-corrected chi connectivity index (χ1v) is 10.1. The Balaban J connectivity index is 1.78. The molecule has 0 bridgehead atoms. The van der Waals surface area contributed by atoms with Crippen molar-refractivity contribution in [2.45, 2.75) is 32.8 Å². The zero-order valence-corrected chi connectivity index (χ0v) is 17.0. The Morgan fingerprint density at radius 1 is 1.41 bits per heavy atom. The fourth-order valence-electron chi connectivity index (χ4n) is 3.12. The van der Waals surface area contributed by atoms with Gasteiger partial charge in [0, 0.05) is 35.7 Å². The number of benzene rings is 1. The van der Waals surface area contributed by atoms with Gasteiger partial charge in [-0.1, -0.05) is 6.07 Å². The molecule has 1 aliphatic rings. The first kappa shape index (κ1) is 20.9. The normalized spacial score (nSPS) is 15.9. The Morgan fingerprint density at radius 2 is 2.21 bits per heavy atom. The number of carbonyl (C=O) groups excluding carboxylic acids is 2. The molecule has 1 aromatic carbocycles. The zero-order chi connectivity index (χ0) is 21.0. The highest BCUT2D eigenvalue weighted by atomic mass is 32.1. The first-order chi connectivity index (χ1) is 13.8. The molecule has 0 aliphatic carbocycles. The average Bonchev–Trinajstić information content (AvgIpc) is 3.32. The fraction of sp³-hybridized carbons (Fsp3) is 0.421. The molecule has 0 spiro atoms. The molecule has 10 heteroatoms. The standard InChI is InChI=1S/C19H22N4O5S/c1-12-5-6-14(8-16(12)23(26)27)18(25)22(9-15-4-3-7-28-15)10-17(24)21-19-20-13(2)11-29-19/h5-6,8,11,15H,3-4,7,9-10H2,1-2H3,(H,20,21,24). The maximum atomic E-state index is 13.1. The largest absolute Gasteiger partial charge is 0.376 e. The number of hydrogen-bond donors (Lipinski definition) is 1. The minimum Gasteiger partial charge on any atom is -0.376 e. The summed E-state index contributed by atoms with van der Waals surface area (Å²) in [5.41, 5.74) is 1.30. The minimum atomic E-state index is -0.520. The van der Waals surface area contributed by atoms with Crippen LogP contribution in [0, 0.1) is 24.0 Å². The number of aryl methyl sites for hydroxylation is 2. The molecule has 1 aromatic heterocycles. The third-order valence-electron chi connectivity index (χ3n) is 4.59. The van der Waals surface area contributed by atoms with Gasteiger partial charge in [-0.25, -0.2) is 4.98 Å². The third-order valence-corrected chi connectivity index (χ3v) is 5.46. The molecule has 0 saturated carbocycles. The lowest BCUT2D eigenvalue weighted by molar-refractivity contribution is -0.385. The van der Waals surface area contributed by atoms with Crippen LogP contribution in [0.4, 0.5) is 10.8 Å². The Morgan fingerprint density at radius 3 is 2.83 bits per heavy atom. The van der Waals surface area contributed by atoms with E-state index in [1.54, 1.807) is 6.92 Å². The van der Waals surface area contributed by atoms with E-state index in [4.69, 9.17) is 4.74 Å². The van der Waals surface area contributed by atoms with Gasteiger partial charge in [-0.05, 0) is 32.8 Å². The van der Waals surface area contributed by atoms with Crippen molar-refractivity contribution in [3.63, 3.8) is 0 Å². The SMILES string of the molecule is Cc1csc(NC(=O)CN(CC2CCCO2)C(=O)c2ccc(C)c([N+](=O)[O-])c2)n1. The zero-order valence-electron chi connectivity index (χ0n) is 16.2. The van der Waals surface area contributed by atoms with Gasteiger partial charge in [-0.2, -0.15) is 0 Å². The van der Waals surface area contributed by atoms with Crippen molar-refractivity contribution in [2.75, 3.05) is 25.0 Å². The second kappa shape index (κ2) is 9.10. The summed E-state index contributed by atoms with van der Waals surface area (Å²) >= 11 is 1.30. The van der Waals surface area contributed by atoms with Gasteiger partial charge in [0.25, 0.3) is 11.6 Å². The van der Waals surface area contributed by atoms with Crippen LogP contribution in [0.15, 0.2) is 23.6 Å². The second-order valence-electron chi connectivity index (χ2n) is 6.92. The van der Waals surface area contributed by atoms with Crippen LogP contribution in [0.2, 0.25) is 0 Å². The number of anilines is 1. The highest BCUT2D eigenvalue weighted by molar-refractivity contribution is 7.13. The summed E-state index contributed by atoms with van der Waals surface area (Å²) in [4.78, 5) is 41.8. The number of rotatable bonds is 7. The van der Waals surface area contributed by atoms with Crippen LogP contribution >= 0.6 is 11.3 Å². The van der Waals surface area contributed by atoms with Crippen LogP contribution in [0.25, 0.3) is 0 Å². The molecular formula is C19H22N4O5S. The van der Waals surface area contributed by atoms with Gasteiger partial charge >= 0.3 is 0 Å². The summed E-state index contributed by atoms with van der Waals surface area (Å²) in [7, 11) is 0.